The van der Waals surface area contributed by atoms with Crippen LogP contribution in [-0.2, 0) is 18.4 Å². The van der Waals surface area contributed by atoms with Crippen molar-refractivity contribution in [1.82, 2.24) is 24.1 Å². The number of hydrogen-bond acceptors (Lipinski definition) is 5. The molecule has 0 saturated heterocycles. The zero-order chi connectivity index (χ0) is 23.5. The Morgan fingerprint density at radius 3 is 2.48 bits per heavy atom. The molecule has 170 valence electrons. The van der Waals surface area contributed by atoms with Gasteiger partial charge in [0.25, 0.3) is 5.56 Å². The second kappa shape index (κ2) is 9.68. The number of nitrogens with zero attached hydrogens (tertiary/aromatic N) is 5. The Bertz CT molecular complexity index is 1360. The van der Waals surface area contributed by atoms with Gasteiger partial charge < -0.3 is 9.88 Å². The zero-order valence-electron chi connectivity index (χ0n) is 18.4. The van der Waals surface area contributed by atoms with Gasteiger partial charge in [0.05, 0.1) is 22.2 Å². The molecule has 0 aliphatic carbocycles. The minimum absolute atomic E-state index is 0.0831. The van der Waals surface area contributed by atoms with Crippen molar-refractivity contribution in [3.63, 3.8) is 0 Å². The average molecular weight is 483 g/mol. The number of thioether (sulfide) groups is 1. The molecule has 0 unspecified atom stereocenters. The Balaban J connectivity index is 1.51. The van der Waals surface area contributed by atoms with Crippen molar-refractivity contribution in [2.45, 2.75) is 25.5 Å². The number of halogens is 1. The molecule has 0 fully saturated rings. The molecule has 8 nitrogen and oxygen atoms in total. The molecule has 0 bridgehead atoms. The summed E-state index contributed by atoms with van der Waals surface area (Å²) < 4.78 is 5.17. The smallest absolute Gasteiger partial charge is 0.295 e. The lowest BCUT2D eigenvalue weighted by Gasteiger charge is -2.08. The van der Waals surface area contributed by atoms with Crippen LogP contribution in [0.5, 0.6) is 0 Å². The van der Waals surface area contributed by atoms with Gasteiger partial charge in [-0.05, 0) is 38.1 Å². The van der Waals surface area contributed by atoms with E-state index in [2.05, 4.69) is 15.5 Å². The fourth-order valence-electron chi connectivity index (χ4n) is 3.54. The summed E-state index contributed by atoms with van der Waals surface area (Å²) in [6.45, 7) is 4.40. The summed E-state index contributed by atoms with van der Waals surface area (Å²) in [5, 5.41) is 12.5. The summed E-state index contributed by atoms with van der Waals surface area (Å²) in [4.78, 5) is 25.7. The van der Waals surface area contributed by atoms with Crippen LogP contribution in [0, 0.1) is 6.92 Å². The van der Waals surface area contributed by atoms with E-state index in [0.717, 1.165) is 11.3 Å². The summed E-state index contributed by atoms with van der Waals surface area (Å²) in [6.07, 6.45) is 0. The van der Waals surface area contributed by atoms with E-state index in [9.17, 15) is 9.59 Å². The third kappa shape index (κ3) is 4.46. The normalized spacial score (nSPS) is 11.0. The SMILES string of the molecule is CCn1c(SCC(=O)Nc2c(C)n(C)n(-c3ccccc3)c2=O)nnc1-c1ccccc1Cl. The van der Waals surface area contributed by atoms with Crippen molar-refractivity contribution in [3.05, 3.63) is 75.7 Å². The molecule has 2 aromatic carbocycles. The van der Waals surface area contributed by atoms with Gasteiger partial charge in [-0.25, -0.2) is 4.68 Å². The fraction of sp³-hybridized carbons (Fsp3) is 0.217. The van der Waals surface area contributed by atoms with Gasteiger partial charge in [0.2, 0.25) is 5.91 Å². The Morgan fingerprint density at radius 1 is 1.09 bits per heavy atom. The molecule has 0 aliphatic rings. The molecular weight excluding hydrogens is 460 g/mol. The van der Waals surface area contributed by atoms with Crippen LogP contribution < -0.4 is 10.9 Å². The molecule has 33 heavy (non-hydrogen) atoms. The van der Waals surface area contributed by atoms with Crippen LogP contribution >= 0.6 is 23.4 Å². The standard InChI is InChI=1S/C23H23ClN6O2S/c1-4-29-21(17-12-8-9-13-18(17)24)26-27-23(29)33-14-19(31)25-20-15(2)28(3)30(22(20)32)16-10-6-5-7-11-16/h5-13H,4,14H2,1-3H3,(H,25,31). The number of carbonyl (C=O) groups is 1. The molecule has 1 N–H and O–H groups in total. The lowest BCUT2D eigenvalue weighted by Crippen LogP contribution is -2.23. The zero-order valence-corrected chi connectivity index (χ0v) is 20.0. The third-order valence-electron chi connectivity index (χ3n) is 5.30. The number of anilines is 1. The second-order valence-electron chi connectivity index (χ2n) is 7.30. The first-order valence-corrected chi connectivity index (χ1v) is 11.7. The number of rotatable bonds is 7. The molecule has 4 aromatic rings. The molecule has 0 saturated carbocycles. The lowest BCUT2D eigenvalue weighted by molar-refractivity contribution is -0.113. The van der Waals surface area contributed by atoms with Crippen LogP contribution in [0.25, 0.3) is 17.1 Å². The molecular formula is C23H23ClN6O2S. The monoisotopic (exact) mass is 482 g/mol. The minimum Gasteiger partial charge on any atom is -0.319 e. The van der Waals surface area contributed by atoms with E-state index in [1.807, 2.05) is 60.0 Å². The topological polar surface area (TPSA) is 86.7 Å². The summed E-state index contributed by atoms with van der Waals surface area (Å²) in [5.41, 5.74) is 2.16. The number of benzene rings is 2. The molecule has 2 heterocycles. The first-order chi connectivity index (χ1) is 15.9. The maximum atomic E-state index is 13.0. The summed E-state index contributed by atoms with van der Waals surface area (Å²) in [6, 6.07) is 16.7. The first-order valence-electron chi connectivity index (χ1n) is 10.4. The van der Waals surface area contributed by atoms with Gasteiger partial charge in [-0.15, -0.1) is 10.2 Å². The van der Waals surface area contributed by atoms with Crippen molar-refractivity contribution in [2.75, 3.05) is 11.1 Å². The highest BCUT2D eigenvalue weighted by molar-refractivity contribution is 7.99. The molecule has 2 aromatic heterocycles. The van der Waals surface area contributed by atoms with Crippen molar-refractivity contribution < 1.29 is 4.79 Å². The molecule has 0 spiro atoms. The Labute approximate surface area is 200 Å². The molecule has 0 atom stereocenters. The highest BCUT2D eigenvalue weighted by atomic mass is 35.5. The van der Waals surface area contributed by atoms with Gasteiger partial charge in [-0.1, -0.05) is 53.7 Å². The van der Waals surface area contributed by atoms with Gasteiger partial charge in [-0.3, -0.25) is 14.3 Å². The van der Waals surface area contributed by atoms with E-state index in [4.69, 9.17) is 11.6 Å². The molecule has 0 radical (unpaired) electrons. The van der Waals surface area contributed by atoms with Crippen LogP contribution in [0.4, 0.5) is 5.69 Å². The molecule has 0 aliphatic heterocycles. The van der Waals surface area contributed by atoms with Crippen molar-refractivity contribution in [2.24, 2.45) is 7.05 Å². The number of para-hydroxylation sites is 1. The van der Waals surface area contributed by atoms with Crippen LogP contribution in [0.3, 0.4) is 0 Å². The van der Waals surface area contributed by atoms with Crippen LogP contribution in [0.15, 0.2) is 64.5 Å². The maximum Gasteiger partial charge on any atom is 0.295 e. The fourth-order valence-corrected chi connectivity index (χ4v) is 4.56. The van der Waals surface area contributed by atoms with E-state index in [1.54, 1.807) is 24.7 Å². The third-order valence-corrected chi connectivity index (χ3v) is 6.60. The van der Waals surface area contributed by atoms with Crippen LogP contribution in [0.2, 0.25) is 5.02 Å². The number of carbonyl (C=O) groups excluding carboxylic acids is 1. The van der Waals surface area contributed by atoms with Crippen molar-refractivity contribution in [3.8, 4) is 17.1 Å². The van der Waals surface area contributed by atoms with E-state index in [1.165, 1.54) is 16.4 Å². The van der Waals surface area contributed by atoms with Crippen molar-refractivity contribution in [1.29, 1.82) is 0 Å². The van der Waals surface area contributed by atoms with Crippen LogP contribution in [-0.4, -0.2) is 35.8 Å². The quantitative estimate of drug-likeness (QED) is 0.400. The van der Waals surface area contributed by atoms with E-state index < -0.39 is 0 Å². The Kier molecular flexibility index (Phi) is 6.71. The minimum atomic E-state index is -0.295. The number of nitrogens with one attached hydrogen (secondary N) is 1. The summed E-state index contributed by atoms with van der Waals surface area (Å²) >= 11 is 7.58. The average Bonchev–Trinajstić information content (AvgIpc) is 3.32. The van der Waals surface area contributed by atoms with Gasteiger partial charge in [-0.2, -0.15) is 0 Å². The number of aromatic nitrogens is 5. The molecule has 1 amide bonds. The Hall–Kier alpha value is -3.30. The van der Waals surface area contributed by atoms with Gasteiger partial charge in [0.1, 0.15) is 5.69 Å². The van der Waals surface area contributed by atoms with Crippen LogP contribution in [0.1, 0.15) is 12.6 Å². The van der Waals surface area contributed by atoms with Gasteiger partial charge in [0.15, 0.2) is 11.0 Å². The molecule has 4 rings (SSSR count). The highest BCUT2D eigenvalue weighted by Gasteiger charge is 2.20. The molecule has 10 heteroatoms. The van der Waals surface area contributed by atoms with Gasteiger partial charge in [0, 0.05) is 19.2 Å². The van der Waals surface area contributed by atoms with Gasteiger partial charge >= 0.3 is 0 Å². The first kappa shape index (κ1) is 22.9. The maximum absolute atomic E-state index is 13.0. The predicted molar refractivity (Wildman–Crippen MR) is 131 cm³/mol. The van der Waals surface area contributed by atoms with E-state index in [0.29, 0.717) is 28.2 Å². The highest BCUT2D eigenvalue weighted by Crippen LogP contribution is 2.29. The number of hydrogen-bond donors (Lipinski definition) is 1. The van der Waals surface area contributed by atoms with Crippen molar-refractivity contribution >= 4 is 35.0 Å². The Morgan fingerprint density at radius 2 is 1.79 bits per heavy atom. The number of amides is 1. The largest absolute Gasteiger partial charge is 0.319 e. The lowest BCUT2D eigenvalue weighted by atomic mass is 10.2. The summed E-state index contributed by atoms with van der Waals surface area (Å²) in [7, 11) is 1.79. The predicted octanol–water partition coefficient (Wildman–Crippen LogP) is 4.15. The summed E-state index contributed by atoms with van der Waals surface area (Å²) in [5.74, 6) is 0.436. The second-order valence-corrected chi connectivity index (χ2v) is 8.65. The van der Waals surface area contributed by atoms with E-state index >= 15 is 0 Å². The van der Waals surface area contributed by atoms with E-state index in [-0.39, 0.29) is 22.9 Å².